The summed E-state index contributed by atoms with van der Waals surface area (Å²) in [5.74, 6) is -1.33. The number of fused-ring (bicyclic) bond motifs is 1. The van der Waals surface area contributed by atoms with Crippen LogP contribution in [0.2, 0.25) is 0 Å². The molecule has 3 aromatic carbocycles. The van der Waals surface area contributed by atoms with Crippen LogP contribution in [0.1, 0.15) is 15.9 Å². The van der Waals surface area contributed by atoms with E-state index in [1.54, 1.807) is 25.1 Å². The number of aromatic hydroxyl groups is 1. The predicted octanol–water partition coefficient (Wildman–Crippen LogP) is 3.65. The minimum Gasteiger partial charge on any atom is -0.507 e. The van der Waals surface area contributed by atoms with Crippen molar-refractivity contribution in [3.63, 3.8) is 0 Å². The number of anilines is 1. The molecule has 0 unspecified atom stereocenters. The van der Waals surface area contributed by atoms with Crippen molar-refractivity contribution in [3.05, 3.63) is 71.8 Å². The Morgan fingerprint density at radius 1 is 1.00 bits per heavy atom. The summed E-state index contributed by atoms with van der Waals surface area (Å²) in [5, 5.41) is 14.6. The van der Waals surface area contributed by atoms with Crippen molar-refractivity contribution in [2.45, 2.75) is 6.92 Å². The lowest BCUT2D eigenvalue weighted by Gasteiger charge is -2.09. The van der Waals surface area contributed by atoms with Crippen molar-refractivity contribution in [3.8, 4) is 5.75 Å². The van der Waals surface area contributed by atoms with Gasteiger partial charge in [0, 0.05) is 5.69 Å². The van der Waals surface area contributed by atoms with E-state index in [1.165, 1.54) is 6.07 Å². The third-order valence-corrected chi connectivity index (χ3v) is 3.83. The van der Waals surface area contributed by atoms with Gasteiger partial charge in [-0.3, -0.25) is 4.79 Å². The third-order valence-electron chi connectivity index (χ3n) is 3.83. The van der Waals surface area contributed by atoms with E-state index < -0.39 is 18.5 Å². The molecule has 0 bridgehead atoms. The van der Waals surface area contributed by atoms with Crippen LogP contribution in [0.3, 0.4) is 0 Å². The zero-order valence-electron chi connectivity index (χ0n) is 13.7. The lowest BCUT2D eigenvalue weighted by molar-refractivity contribution is -0.119. The summed E-state index contributed by atoms with van der Waals surface area (Å²) in [6.45, 7) is 1.25. The Morgan fingerprint density at radius 2 is 1.76 bits per heavy atom. The molecule has 5 nitrogen and oxygen atoms in total. The van der Waals surface area contributed by atoms with Crippen LogP contribution in [0, 0.1) is 6.92 Å². The molecule has 0 aliphatic rings. The number of nitrogens with one attached hydrogen (secondary N) is 1. The number of hydrogen-bond donors (Lipinski definition) is 2. The summed E-state index contributed by atoms with van der Waals surface area (Å²) in [7, 11) is 0. The summed E-state index contributed by atoms with van der Waals surface area (Å²) in [6.07, 6.45) is 0. The average Bonchev–Trinajstić information content (AvgIpc) is 2.62. The van der Waals surface area contributed by atoms with Gasteiger partial charge in [-0.2, -0.15) is 0 Å². The van der Waals surface area contributed by atoms with Gasteiger partial charge in [-0.15, -0.1) is 0 Å². The van der Waals surface area contributed by atoms with E-state index in [0.29, 0.717) is 11.3 Å². The van der Waals surface area contributed by atoms with Gasteiger partial charge in [0.25, 0.3) is 5.91 Å². The van der Waals surface area contributed by atoms with Crippen LogP contribution in [0.25, 0.3) is 10.8 Å². The molecule has 0 heterocycles. The molecule has 0 saturated carbocycles. The molecular formula is C20H17NO4. The van der Waals surface area contributed by atoms with Crippen LogP contribution in [-0.4, -0.2) is 23.6 Å². The molecule has 0 saturated heterocycles. The van der Waals surface area contributed by atoms with Gasteiger partial charge in [0.1, 0.15) is 11.3 Å². The molecule has 0 spiro atoms. The summed E-state index contributed by atoms with van der Waals surface area (Å²) in [5.41, 5.74) is 1.23. The van der Waals surface area contributed by atoms with Gasteiger partial charge in [-0.25, -0.2) is 4.79 Å². The SMILES string of the molecule is Cc1cccc(C(=O)OCC(=O)Nc2ccc3ccccc3c2)c1O. The van der Waals surface area contributed by atoms with Crippen molar-refractivity contribution in [1.82, 2.24) is 0 Å². The Balaban J connectivity index is 1.62. The monoisotopic (exact) mass is 335 g/mol. The Hall–Kier alpha value is -3.34. The van der Waals surface area contributed by atoms with E-state index in [1.807, 2.05) is 36.4 Å². The van der Waals surface area contributed by atoms with Crippen molar-refractivity contribution in [1.29, 1.82) is 0 Å². The Labute approximate surface area is 144 Å². The van der Waals surface area contributed by atoms with Crippen LogP contribution in [0.4, 0.5) is 5.69 Å². The Morgan fingerprint density at radius 3 is 2.56 bits per heavy atom. The first kappa shape index (κ1) is 16.5. The maximum Gasteiger partial charge on any atom is 0.342 e. The normalized spacial score (nSPS) is 10.4. The zero-order valence-corrected chi connectivity index (χ0v) is 13.7. The maximum absolute atomic E-state index is 12.0. The van der Waals surface area contributed by atoms with E-state index in [0.717, 1.165) is 10.8 Å². The molecule has 3 rings (SSSR count). The number of carbonyl (C=O) groups is 2. The predicted molar refractivity (Wildman–Crippen MR) is 95.7 cm³/mol. The lowest BCUT2D eigenvalue weighted by Crippen LogP contribution is -2.21. The largest absolute Gasteiger partial charge is 0.507 e. The van der Waals surface area contributed by atoms with Crippen molar-refractivity contribution in [2.75, 3.05) is 11.9 Å². The van der Waals surface area contributed by atoms with Crippen LogP contribution in [0.5, 0.6) is 5.75 Å². The van der Waals surface area contributed by atoms with Gasteiger partial charge in [0.05, 0.1) is 0 Å². The number of hydrogen-bond acceptors (Lipinski definition) is 4. The van der Waals surface area contributed by atoms with Crippen LogP contribution in [0.15, 0.2) is 60.7 Å². The molecule has 0 aliphatic heterocycles. The number of para-hydroxylation sites is 1. The Bertz CT molecular complexity index is 949. The highest BCUT2D eigenvalue weighted by molar-refractivity contribution is 5.98. The minimum atomic E-state index is -0.741. The lowest BCUT2D eigenvalue weighted by atomic mass is 10.1. The molecule has 126 valence electrons. The first-order chi connectivity index (χ1) is 12.0. The number of phenolic OH excluding ortho intramolecular Hbond substituents is 1. The maximum atomic E-state index is 12.0. The van der Waals surface area contributed by atoms with Gasteiger partial charge < -0.3 is 15.2 Å². The highest BCUT2D eigenvalue weighted by Gasteiger charge is 2.15. The van der Waals surface area contributed by atoms with Gasteiger partial charge in [0.2, 0.25) is 0 Å². The molecule has 25 heavy (non-hydrogen) atoms. The average molecular weight is 335 g/mol. The standard InChI is InChI=1S/C20H17NO4/c1-13-5-4-8-17(19(13)23)20(24)25-12-18(22)21-16-10-9-14-6-2-3-7-15(14)11-16/h2-11,23H,12H2,1H3,(H,21,22). The number of carbonyl (C=O) groups excluding carboxylic acids is 2. The van der Waals surface area contributed by atoms with E-state index in [9.17, 15) is 14.7 Å². The highest BCUT2D eigenvalue weighted by atomic mass is 16.5. The summed E-state index contributed by atoms with van der Waals surface area (Å²) in [4.78, 5) is 24.0. The topological polar surface area (TPSA) is 75.6 Å². The van der Waals surface area contributed by atoms with Crippen molar-refractivity contribution in [2.24, 2.45) is 0 Å². The highest BCUT2D eigenvalue weighted by Crippen LogP contribution is 2.22. The molecule has 0 radical (unpaired) electrons. The fourth-order valence-corrected chi connectivity index (χ4v) is 2.50. The smallest absolute Gasteiger partial charge is 0.342 e. The van der Waals surface area contributed by atoms with E-state index in [2.05, 4.69) is 5.32 Å². The summed E-state index contributed by atoms with van der Waals surface area (Å²) in [6, 6.07) is 18.1. The molecule has 0 fully saturated rings. The van der Waals surface area contributed by atoms with Crippen LogP contribution >= 0.6 is 0 Å². The number of esters is 1. The van der Waals surface area contributed by atoms with Crippen LogP contribution in [-0.2, 0) is 9.53 Å². The van der Waals surface area contributed by atoms with Crippen molar-refractivity contribution >= 4 is 28.3 Å². The zero-order chi connectivity index (χ0) is 17.8. The van der Waals surface area contributed by atoms with E-state index in [4.69, 9.17) is 4.74 Å². The Kier molecular flexibility index (Phi) is 4.66. The van der Waals surface area contributed by atoms with E-state index in [-0.39, 0.29) is 11.3 Å². The second kappa shape index (κ2) is 7.05. The second-order valence-electron chi connectivity index (χ2n) is 5.66. The second-order valence-corrected chi connectivity index (χ2v) is 5.66. The van der Waals surface area contributed by atoms with Crippen molar-refractivity contribution < 1.29 is 19.4 Å². The quantitative estimate of drug-likeness (QED) is 0.714. The number of phenols is 1. The van der Waals surface area contributed by atoms with Crippen LogP contribution < -0.4 is 5.32 Å². The molecule has 0 aromatic heterocycles. The number of ether oxygens (including phenoxy) is 1. The molecule has 0 atom stereocenters. The number of amides is 1. The van der Waals surface area contributed by atoms with Gasteiger partial charge >= 0.3 is 5.97 Å². The van der Waals surface area contributed by atoms with Gasteiger partial charge in [-0.1, -0.05) is 42.5 Å². The number of aryl methyl sites for hydroxylation is 1. The molecule has 3 aromatic rings. The van der Waals surface area contributed by atoms with Gasteiger partial charge in [0.15, 0.2) is 6.61 Å². The molecular weight excluding hydrogens is 318 g/mol. The first-order valence-electron chi connectivity index (χ1n) is 7.79. The minimum absolute atomic E-state index is 0.0403. The fraction of sp³-hybridized carbons (Fsp3) is 0.100. The van der Waals surface area contributed by atoms with E-state index >= 15 is 0 Å². The molecule has 0 aliphatic carbocycles. The molecule has 5 heteroatoms. The molecule has 2 N–H and O–H groups in total. The summed E-state index contributed by atoms with van der Waals surface area (Å²) < 4.78 is 4.97. The number of benzene rings is 3. The number of rotatable bonds is 4. The molecule has 1 amide bonds. The third kappa shape index (κ3) is 3.77. The fourth-order valence-electron chi connectivity index (χ4n) is 2.50. The first-order valence-corrected chi connectivity index (χ1v) is 7.79. The van der Waals surface area contributed by atoms with Gasteiger partial charge in [-0.05, 0) is 41.5 Å². The summed E-state index contributed by atoms with van der Waals surface area (Å²) >= 11 is 0.